The molecule has 9 atom stereocenters. The van der Waals surface area contributed by atoms with Gasteiger partial charge in [0.1, 0.15) is 11.6 Å². The third kappa shape index (κ3) is 3.82. The van der Waals surface area contributed by atoms with Crippen LogP contribution in [0.2, 0.25) is 0 Å². The van der Waals surface area contributed by atoms with Crippen LogP contribution >= 0.6 is 0 Å². The number of aliphatic hydroxyl groups is 2. The van der Waals surface area contributed by atoms with E-state index in [1.807, 2.05) is 34.6 Å². The number of ketones is 3. The van der Waals surface area contributed by atoms with Crippen LogP contribution in [0.15, 0.2) is 11.1 Å². The first-order valence-electron chi connectivity index (χ1n) is 13.8. The van der Waals surface area contributed by atoms with Crippen molar-refractivity contribution in [3.63, 3.8) is 0 Å². The Morgan fingerprint density at radius 3 is 2.24 bits per heavy atom. The monoisotopic (exact) mass is 516 g/mol. The predicted octanol–water partition coefficient (Wildman–Crippen LogP) is 4.13. The van der Waals surface area contributed by atoms with Crippen LogP contribution in [0.5, 0.6) is 0 Å². The summed E-state index contributed by atoms with van der Waals surface area (Å²) in [6.45, 7) is 13.4. The Morgan fingerprint density at radius 2 is 1.65 bits per heavy atom. The Balaban J connectivity index is 1.74. The average Bonchev–Trinajstić information content (AvgIpc) is 2.99. The molecule has 4 rings (SSSR count). The fourth-order valence-corrected chi connectivity index (χ4v) is 9.12. The second-order valence-corrected chi connectivity index (χ2v) is 13.9. The molecule has 37 heavy (non-hydrogen) atoms. The summed E-state index contributed by atoms with van der Waals surface area (Å²) < 4.78 is 0. The summed E-state index contributed by atoms with van der Waals surface area (Å²) in [5.74, 6) is -2.45. The molecule has 206 valence electrons. The number of hydrogen-bond acceptors (Lipinski definition) is 6. The van der Waals surface area contributed by atoms with Crippen molar-refractivity contribution in [3.8, 4) is 0 Å². The molecule has 0 spiro atoms. The van der Waals surface area contributed by atoms with E-state index < -0.39 is 45.8 Å². The Morgan fingerprint density at radius 1 is 1.03 bits per heavy atom. The van der Waals surface area contributed by atoms with Crippen molar-refractivity contribution in [1.82, 2.24) is 0 Å². The Bertz CT molecular complexity index is 1070. The van der Waals surface area contributed by atoms with Gasteiger partial charge in [0.15, 0.2) is 5.78 Å². The maximum atomic E-state index is 14.1. The molecule has 2 fully saturated rings. The minimum atomic E-state index is -1.01. The second-order valence-electron chi connectivity index (χ2n) is 13.9. The summed E-state index contributed by atoms with van der Waals surface area (Å²) in [5, 5.41) is 31.6. The number of allylic oxidation sites excluding steroid dienone is 1. The first kappa shape index (κ1) is 28.2. The molecule has 7 heteroatoms. The molecule has 0 heterocycles. The van der Waals surface area contributed by atoms with Gasteiger partial charge in [-0.3, -0.25) is 19.2 Å². The SMILES string of the molecule is CC(CC(=O)CC(C)C1CC(=O)[C@@]2(C)C3=C(C(=O)C[C@]12C)[C@@]1(C)CCC(O)C(C)(C)[C@@H]1CC3O)C(=O)O. The van der Waals surface area contributed by atoms with Gasteiger partial charge in [0, 0.05) is 31.3 Å². The number of rotatable bonds is 6. The van der Waals surface area contributed by atoms with E-state index >= 15 is 0 Å². The van der Waals surface area contributed by atoms with Crippen LogP contribution in [-0.2, 0) is 19.2 Å². The van der Waals surface area contributed by atoms with E-state index in [0.29, 0.717) is 30.4 Å². The second kappa shape index (κ2) is 8.84. The number of carbonyl (C=O) groups excluding carboxylic acids is 3. The molecule has 7 nitrogen and oxygen atoms in total. The van der Waals surface area contributed by atoms with Gasteiger partial charge in [0.25, 0.3) is 0 Å². The fourth-order valence-electron chi connectivity index (χ4n) is 9.12. The highest BCUT2D eigenvalue weighted by molar-refractivity contribution is 6.05. The Hall–Kier alpha value is -1.86. The van der Waals surface area contributed by atoms with Crippen molar-refractivity contribution >= 4 is 23.3 Å². The summed E-state index contributed by atoms with van der Waals surface area (Å²) in [4.78, 5) is 51.9. The van der Waals surface area contributed by atoms with Gasteiger partial charge in [-0.25, -0.2) is 0 Å². The number of carbonyl (C=O) groups is 4. The molecule has 4 aliphatic carbocycles. The fraction of sp³-hybridized carbons (Fsp3) is 0.800. The minimum Gasteiger partial charge on any atom is -0.481 e. The van der Waals surface area contributed by atoms with Gasteiger partial charge in [-0.05, 0) is 65.8 Å². The van der Waals surface area contributed by atoms with Crippen molar-refractivity contribution < 1.29 is 34.5 Å². The van der Waals surface area contributed by atoms with E-state index in [1.165, 1.54) is 6.92 Å². The molecule has 2 saturated carbocycles. The molecule has 4 aliphatic rings. The van der Waals surface area contributed by atoms with Gasteiger partial charge in [0.05, 0.1) is 23.5 Å². The minimum absolute atomic E-state index is 0.00871. The maximum Gasteiger partial charge on any atom is 0.306 e. The predicted molar refractivity (Wildman–Crippen MR) is 137 cm³/mol. The number of carboxylic acids is 1. The van der Waals surface area contributed by atoms with Crippen LogP contribution in [0, 0.1) is 45.3 Å². The van der Waals surface area contributed by atoms with Crippen LogP contribution < -0.4 is 0 Å². The van der Waals surface area contributed by atoms with E-state index in [1.54, 1.807) is 0 Å². The van der Waals surface area contributed by atoms with Crippen molar-refractivity contribution in [2.24, 2.45) is 45.3 Å². The highest BCUT2D eigenvalue weighted by atomic mass is 16.4. The molecule has 0 aromatic rings. The van der Waals surface area contributed by atoms with Crippen molar-refractivity contribution in [2.75, 3.05) is 0 Å². The zero-order valence-electron chi connectivity index (χ0n) is 23.4. The number of hydrogen-bond donors (Lipinski definition) is 3. The van der Waals surface area contributed by atoms with Crippen LogP contribution in [0.3, 0.4) is 0 Å². The smallest absolute Gasteiger partial charge is 0.306 e. The molecule has 0 aromatic carbocycles. The van der Waals surface area contributed by atoms with Crippen molar-refractivity contribution in [2.45, 2.75) is 106 Å². The van der Waals surface area contributed by atoms with E-state index in [2.05, 4.69) is 6.92 Å². The zero-order chi connectivity index (χ0) is 27.9. The van der Waals surface area contributed by atoms with Gasteiger partial charge in [-0.2, -0.15) is 0 Å². The van der Waals surface area contributed by atoms with Crippen molar-refractivity contribution in [1.29, 1.82) is 0 Å². The average molecular weight is 517 g/mol. The summed E-state index contributed by atoms with van der Waals surface area (Å²) in [5.41, 5.74) is -1.55. The molecule has 0 radical (unpaired) electrons. The lowest BCUT2D eigenvalue weighted by atomic mass is 9.42. The first-order chi connectivity index (χ1) is 16.9. The Labute approximate surface area is 220 Å². The standard InChI is InChI=1S/C30H44O7/c1-15(10-17(31)11-16(2)26(36)37)18-12-23(35)30(7)25-19(32)13-21-27(3,4)22(34)8-9-28(21,5)24(25)20(33)14-29(18,30)6/h15-16,18-19,21-22,32,34H,8-14H2,1-7H3,(H,36,37)/t15?,16?,18?,19?,21-,22?,28-,29+,30-/m0/s1. The summed E-state index contributed by atoms with van der Waals surface area (Å²) in [6, 6.07) is 0. The molecule has 5 unspecified atom stereocenters. The van der Waals surface area contributed by atoms with Crippen LogP contribution in [0.4, 0.5) is 0 Å². The van der Waals surface area contributed by atoms with Gasteiger partial charge in [-0.1, -0.05) is 41.5 Å². The first-order valence-corrected chi connectivity index (χ1v) is 13.8. The number of fused-ring (bicyclic) bond motifs is 4. The molecule has 0 saturated heterocycles. The van der Waals surface area contributed by atoms with Crippen LogP contribution in [0.1, 0.15) is 93.4 Å². The number of Topliss-reactive ketones (excluding diaryl/α,β-unsaturated/α-hetero) is 3. The van der Waals surface area contributed by atoms with Gasteiger partial charge in [-0.15, -0.1) is 0 Å². The zero-order valence-corrected chi connectivity index (χ0v) is 23.4. The normalized spacial score (nSPS) is 42.5. The topological polar surface area (TPSA) is 129 Å². The van der Waals surface area contributed by atoms with Crippen LogP contribution in [0.25, 0.3) is 0 Å². The molecular weight excluding hydrogens is 472 g/mol. The number of carboxylic acid groups (broad SMARTS) is 1. The molecule has 0 bridgehead atoms. The number of aliphatic hydroxyl groups excluding tert-OH is 2. The lowest BCUT2D eigenvalue weighted by Gasteiger charge is -2.61. The molecule has 0 aromatic heterocycles. The lowest BCUT2D eigenvalue weighted by molar-refractivity contribution is -0.144. The van der Waals surface area contributed by atoms with E-state index in [9.17, 15) is 34.5 Å². The summed E-state index contributed by atoms with van der Waals surface area (Å²) in [7, 11) is 0. The Kier molecular flexibility index (Phi) is 6.72. The molecular formula is C30H44O7. The van der Waals surface area contributed by atoms with E-state index in [0.717, 1.165) is 0 Å². The summed E-state index contributed by atoms with van der Waals surface area (Å²) in [6.07, 6.45) is 0.671. The lowest BCUT2D eigenvalue weighted by Crippen LogP contribution is -2.60. The third-order valence-corrected chi connectivity index (χ3v) is 11.6. The largest absolute Gasteiger partial charge is 0.481 e. The van der Waals surface area contributed by atoms with Gasteiger partial charge >= 0.3 is 5.97 Å². The molecule has 3 N–H and O–H groups in total. The quantitative estimate of drug-likeness (QED) is 0.484. The number of aliphatic carboxylic acids is 1. The van der Waals surface area contributed by atoms with Gasteiger partial charge < -0.3 is 15.3 Å². The van der Waals surface area contributed by atoms with Crippen LogP contribution in [-0.4, -0.2) is 50.8 Å². The van der Waals surface area contributed by atoms with Gasteiger partial charge in [0.2, 0.25) is 0 Å². The highest BCUT2D eigenvalue weighted by Gasteiger charge is 2.70. The molecule has 0 amide bonds. The summed E-state index contributed by atoms with van der Waals surface area (Å²) >= 11 is 0. The van der Waals surface area contributed by atoms with Crippen molar-refractivity contribution in [3.05, 3.63) is 11.1 Å². The van der Waals surface area contributed by atoms with E-state index in [4.69, 9.17) is 0 Å². The van der Waals surface area contributed by atoms with E-state index in [-0.39, 0.29) is 60.8 Å². The molecule has 0 aliphatic heterocycles. The third-order valence-electron chi connectivity index (χ3n) is 11.6. The highest BCUT2D eigenvalue weighted by Crippen LogP contribution is 2.70. The maximum absolute atomic E-state index is 14.1.